The monoisotopic (exact) mass is 547 g/mol. The second-order valence-electron chi connectivity index (χ2n) is 10.6. The van der Waals surface area contributed by atoms with Crippen molar-refractivity contribution in [2.45, 2.75) is 58.1 Å². The first-order chi connectivity index (χ1) is 19.1. The molecule has 0 aliphatic carbocycles. The molecule has 2 aromatic carbocycles. The van der Waals surface area contributed by atoms with Crippen molar-refractivity contribution in [2.75, 3.05) is 11.9 Å². The van der Waals surface area contributed by atoms with Crippen molar-refractivity contribution in [2.24, 2.45) is 0 Å². The van der Waals surface area contributed by atoms with E-state index in [0.717, 1.165) is 41.3 Å². The van der Waals surface area contributed by atoms with Crippen LogP contribution in [0.4, 0.5) is 14.6 Å². The van der Waals surface area contributed by atoms with Crippen LogP contribution < -0.4 is 10.1 Å². The molecular formula is C30H31F2N5O3. The maximum absolute atomic E-state index is 14.4. The van der Waals surface area contributed by atoms with Gasteiger partial charge in [-0.05, 0) is 99.2 Å². The van der Waals surface area contributed by atoms with Crippen LogP contribution in [0.3, 0.4) is 0 Å². The molecule has 1 aliphatic rings. The number of aliphatic hydroxyl groups is 1. The number of pyridine rings is 1. The third-order valence-corrected chi connectivity index (χ3v) is 6.88. The van der Waals surface area contributed by atoms with E-state index in [1.165, 1.54) is 4.68 Å². The highest BCUT2D eigenvalue weighted by Gasteiger charge is 2.30. The third kappa shape index (κ3) is 6.17. The number of benzene rings is 2. The molecule has 10 heteroatoms. The number of aromatic nitrogens is 4. The van der Waals surface area contributed by atoms with Crippen LogP contribution in [0.15, 0.2) is 54.7 Å². The van der Waals surface area contributed by atoms with Crippen LogP contribution in [0.1, 0.15) is 66.7 Å². The molecule has 1 amide bonds. The van der Waals surface area contributed by atoms with Crippen molar-refractivity contribution >= 4 is 11.7 Å². The lowest BCUT2D eigenvalue weighted by Gasteiger charge is -2.17. The second kappa shape index (κ2) is 11.1. The van der Waals surface area contributed by atoms with E-state index in [1.807, 2.05) is 31.2 Å². The first-order valence-corrected chi connectivity index (χ1v) is 13.2. The highest BCUT2D eigenvalue weighted by atomic mass is 19.1. The van der Waals surface area contributed by atoms with Gasteiger partial charge in [0.2, 0.25) is 5.82 Å². The molecule has 0 bridgehead atoms. The van der Waals surface area contributed by atoms with E-state index >= 15 is 0 Å². The maximum atomic E-state index is 14.4. The maximum Gasteiger partial charge on any atom is 0.296 e. The Hall–Kier alpha value is -4.18. The van der Waals surface area contributed by atoms with E-state index in [9.17, 15) is 18.7 Å². The Kier molecular flexibility index (Phi) is 7.62. The summed E-state index contributed by atoms with van der Waals surface area (Å²) in [4.78, 5) is 21.6. The van der Waals surface area contributed by atoms with Crippen molar-refractivity contribution < 1.29 is 23.4 Å². The molecule has 0 saturated heterocycles. The van der Waals surface area contributed by atoms with E-state index in [1.54, 1.807) is 26.1 Å². The topological polar surface area (TPSA) is 102 Å². The van der Waals surface area contributed by atoms with Gasteiger partial charge in [0.1, 0.15) is 29.0 Å². The van der Waals surface area contributed by atoms with E-state index in [2.05, 4.69) is 20.4 Å². The Labute approximate surface area is 231 Å². The quantitative estimate of drug-likeness (QED) is 0.263. The highest BCUT2D eigenvalue weighted by molar-refractivity contribution is 6.01. The second-order valence-corrected chi connectivity index (χ2v) is 10.6. The number of fused-ring (bicyclic) bond motifs is 1. The molecule has 1 atom stereocenters. The van der Waals surface area contributed by atoms with Gasteiger partial charge in [-0.15, -0.1) is 5.10 Å². The SMILES string of the molecule is Cc1ccc(OCCCC(C)(C)O)cc1-c1ccnc(NC(=O)c2nc3n(n2)C(c2cc(F)ccc2F)CC3)c1. The van der Waals surface area contributed by atoms with Crippen molar-refractivity contribution in [3.63, 3.8) is 0 Å². The van der Waals surface area contributed by atoms with Crippen molar-refractivity contribution in [1.29, 1.82) is 0 Å². The van der Waals surface area contributed by atoms with Gasteiger partial charge in [-0.3, -0.25) is 4.79 Å². The molecular weight excluding hydrogens is 516 g/mol. The van der Waals surface area contributed by atoms with Gasteiger partial charge in [0.05, 0.1) is 18.2 Å². The number of nitrogens with zero attached hydrogens (tertiary/aromatic N) is 4. The fraction of sp³-hybridized carbons (Fsp3) is 0.333. The molecule has 1 unspecified atom stereocenters. The Bertz CT molecular complexity index is 1550. The normalized spacial score (nSPS) is 14.7. The van der Waals surface area contributed by atoms with E-state index in [-0.39, 0.29) is 11.4 Å². The molecule has 0 saturated carbocycles. The predicted octanol–water partition coefficient (Wildman–Crippen LogP) is 5.64. The van der Waals surface area contributed by atoms with Gasteiger partial charge >= 0.3 is 0 Å². The van der Waals surface area contributed by atoms with Crippen LogP contribution in [0.2, 0.25) is 0 Å². The number of aryl methyl sites for hydroxylation is 2. The van der Waals surface area contributed by atoms with Crippen LogP contribution in [0, 0.1) is 18.6 Å². The van der Waals surface area contributed by atoms with Gasteiger partial charge < -0.3 is 15.2 Å². The molecule has 3 heterocycles. The first kappa shape index (κ1) is 27.4. The first-order valence-electron chi connectivity index (χ1n) is 13.2. The minimum absolute atomic E-state index is 0.0682. The van der Waals surface area contributed by atoms with Gasteiger partial charge in [-0.2, -0.15) is 0 Å². The minimum atomic E-state index is -0.729. The van der Waals surface area contributed by atoms with E-state index in [0.29, 0.717) is 43.3 Å². The van der Waals surface area contributed by atoms with Crippen LogP contribution in [-0.2, 0) is 6.42 Å². The summed E-state index contributed by atoms with van der Waals surface area (Å²) in [6, 6.07) is 12.2. The molecule has 0 radical (unpaired) electrons. The molecule has 0 spiro atoms. The summed E-state index contributed by atoms with van der Waals surface area (Å²) in [7, 11) is 0. The molecule has 2 aromatic heterocycles. The zero-order chi connectivity index (χ0) is 28.4. The van der Waals surface area contributed by atoms with E-state index in [4.69, 9.17) is 4.74 Å². The van der Waals surface area contributed by atoms with Crippen LogP contribution in [0.5, 0.6) is 5.75 Å². The number of carbonyl (C=O) groups is 1. The van der Waals surface area contributed by atoms with Crippen LogP contribution in [0.25, 0.3) is 11.1 Å². The summed E-state index contributed by atoms with van der Waals surface area (Å²) in [5.74, 6) is -0.115. The number of nitrogens with one attached hydrogen (secondary N) is 1. The van der Waals surface area contributed by atoms with Gasteiger partial charge in [-0.1, -0.05) is 6.07 Å². The number of hydrogen-bond acceptors (Lipinski definition) is 6. The van der Waals surface area contributed by atoms with Gasteiger partial charge in [0.15, 0.2) is 0 Å². The molecule has 8 nitrogen and oxygen atoms in total. The lowest BCUT2D eigenvalue weighted by atomic mass is 10.0. The molecule has 5 rings (SSSR count). The number of ether oxygens (including phenoxy) is 1. The summed E-state index contributed by atoms with van der Waals surface area (Å²) in [6.07, 6.45) is 3.97. The molecule has 0 fully saturated rings. The Morgan fingerprint density at radius 3 is 2.80 bits per heavy atom. The largest absolute Gasteiger partial charge is 0.494 e. The van der Waals surface area contributed by atoms with Crippen molar-refractivity contribution in [1.82, 2.24) is 19.7 Å². The minimum Gasteiger partial charge on any atom is -0.494 e. The number of hydrogen-bond donors (Lipinski definition) is 2. The van der Waals surface area contributed by atoms with E-state index < -0.39 is 29.2 Å². The highest BCUT2D eigenvalue weighted by Crippen LogP contribution is 2.33. The van der Waals surface area contributed by atoms with Gasteiger partial charge in [-0.25, -0.2) is 23.4 Å². The number of anilines is 1. The average Bonchev–Trinajstić information content (AvgIpc) is 3.50. The van der Waals surface area contributed by atoms with Crippen LogP contribution >= 0.6 is 0 Å². The number of carbonyl (C=O) groups excluding carboxylic acids is 1. The molecule has 208 valence electrons. The standard InChI is InChI=1S/C30H31F2N5O3/c1-18-5-7-21(40-14-4-12-30(2,3)39)17-22(18)19-11-13-33-26(15-19)34-29(38)28-35-27-10-9-25(37(27)36-28)23-16-20(31)6-8-24(23)32/h5-8,11,13,15-17,25,39H,4,9-10,12,14H2,1-3H3,(H,33,34,38). The Morgan fingerprint density at radius 2 is 2.00 bits per heavy atom. The zero-order valence-corrected chi connectivity index (χ0v) is 22.6. The van der Waals surface area contributed by atoms with Crippen molar-refractivity contribution in [3.8, 4) is 16.9 Å². The Morgan fingerprint density at radius 1 is 1.18 bits per heavy atom. The summed E-state index contributed by atoms with van der Waals surface area (Å²) >= 11 is 0. The summed E-state index contributed by atoms with van der Waals surface area (Å²) in [6.45, 7) is 6.02. The summed E-state index contributed by atoms with van der Waals surface area (Å²) < 4.78 is 35.5. The summed E-state index contributed by atoms with van der Waals surface area (Å²) in [5, 5.41) is 16.9. The molecule has 2 N–H and O–H groups in total. The average molecular weight is 548 g/mol. The van der Waals surface area contributed by atoms with Crippen LogP contribution in [-0.4, -0.2) is 43.0 Å². The molecule has 1 aliphatic heterocycles. The van der Waals surface area contributed by atoms with Gasteiger partial charge in [0.25, 0.3) is 5.91 Å². The number of amides is 1. The van der Waals surface area contributed by atoms with Crippen molar-refractivity contribution in [3.05, 3.63) is 89.1 Å². The lowest BCUT2D eigenvalue weighted by Crippen LogP contribution is -2.19. The number of halogens is 2. The predicted molar refractivity (Wildman–Crippen MR) is 146 cm³/mol. The smallest absolute Gasteiger partial charge is 0.296 e. The molecule has 40 heavy (non-hydrogen) atoms. The fourth-order valence-corrected chi connectivity index (χ4v) is 4.85. The zero-order valence-electron chi connectivity index (χ0n) is 22.6. The fourth-order valence-electron chi connectivity index (χ4n) is 4.85. The summed E-state index contributed by atoms with van der Waals surface area (Å²) in [5.41, 5.74) is 2.25. The Balaban J connectivity index is 1.29. The van der Waals surface area contributed by atoms with Gasteiger partial charge in [0, 0.05) is 18.2 Å². The molecule has 4 aromatic rings. The lowest BCUT2D eigenvalue weighted by molar-refractivity contribution is 0.0641. The number of rotatable bonds is 9. The third-order valence-electron chi connectivity index (χ3n) is 6.88.